The molecule has 1 heterocycles. The molecular weight excluding hydrogens is 302 g/mol. The minimum Gasteiger partial charge on any atom is -0.480 e. The minimum atomic E-state index is -0.815. The number of benzene rings is 1. The second-order valence-corrected chi connectivity index (χ2v) is 6.08. The van der Waals surface area contributed by atoms with Crippen LogP contribution in [0.25, 0.3) is 0 Å². The van der Waals surface area contributed by atoms with Crippen molar-refractivity contribution in [1.29, 1.82) is 0 Å². The van der Waals surface area contributed by atoms with Gasteiger partial charge >= 0.3 is 5.97 Å². The SMILES string of the molecule is CCC(C)C(NCc1cnc(CCc2ccccc2)nc1)C(=O)O. The Balaban J connectivity index is 1.86. The van der Waals surface area contributed by atoms with Crippen LogP contribution in [0.4, 0.5) is 0 Å². The Morgan fingerprint density at radius 2 is 1.79 bits per heavy atom. The van der Waals surface area contributed by atoms with Crippen molar-refractivity contribution in [2.45, 2.75) is 45.7 Å². The Hall–Kier alpha value is -2.27. The second-order valence-electron chi connectivity index (χ2n) is 6.08. The minimum absolute atomic E-state index is 0.0774. The first-order chi connectivity index (χ1) is 11.6. The molecule has 1 aromatic heterocycles. The molecule has 0 radical (unpaired) electrons. The van der Waals surface area contributed by atoms with Gasteiger partial charge in [0.05, 0.1) is 0 Å². The third-order valence-corrected chi connectivity index (χ3v) is 4.24. The number of nitrogens with zero attached hydrogens (tertiary/aromatic N) is 2. The summed E-state index contributed by atoms with van der Waals surface area (Å²) in [5.41, 5.74) is 2.16. The first kappa shape index (κ1) is 18.1. The maximum Gasteiger partial charge on any atom is 0.320 e. The Morgan fingerprint density at radius 1 is 1.12 bits per heavy atom. The predicted octanol–water partition coefficient (Wildman–Crippen LogP) is 2.85. The van der Waals surface area contributed by atoms with Gasteiger partial charge in [-0.2, -0.15) is 0 Å². The third kappa shape index (κ3) is 5.42. The summed E-state index contributed by atoms with van der Waals surface area (Å²) in [6.45, 7) is 4.39. The highest BCUT2D eigenvalue weighted by molar-refractivity contribution is 5.73. The van der Waals surface area contributed by atoms with Crippen LogP contribution in [0, 0.1) is 5.92 Å². The van der Waals surface area contributed by atoms with E-state index in [-0.39, 0.29) is 5.92 Å². The summed E-state index contributed by atoms with van der Waals surface area (Å²) in [6.07, 6.45) is 6.07. The van der Waals surface area contributed by atoms with Crippen LogP contribution >= 0.6 is 0 Å². The van der Waals surface area contributed by atoms with Gasteiger partial charge in [-0.1, -0.05) is 50.6 Å². The van der Waals surface area contributed by atoms with Crippen LogP contribution in [-0.4, -0.2) is 27.1 Å². The standard InChI is InChI=1S/C19H25N3O2/c1-3-14(2)18(19(23)24)22-13-16-11-20-17(21-12-16)10-9-15-7-5-4-6-8-15/h4-8,11-12,14,18,22H,3,9-10,13H2,1-2H3,(H,23,24). The number of aliphatic carboxylic acids is 1. The third-order valence-electron chi connectivity index (χ3n) is 4.24. The normalized spacial score (nSPS) is 13.4. The van der Waals surface area contributed by atoms with Gasteiger partial charge in [-0.05, 0) is 17.9 Å². The van der Waals surface area contributed by atoms with Gasteiger partial charge in [0.15, 0.2) is 0 Å². The van der Waals surface area contributed by atoms with Crippen LogP contribution in [0.5, 0.6) is 0 Å². The van der Waals surface area contributed by atoms with Gasteiger partial charge in [-0.3, -0.25) is 10.1 Å². The maximum absolute atomic E-state index is 11.3. The van der Waals surface area contributed by atoms with Crippen LogP contribution in [0.15, 0.2) is 42.7 Å². The van der Waals surface area contributed by atoms with Crippen LogP contribution < -0.4 is 5.32 Å². The first-order valence-electron chi connectivity index (χ1n) is 8.40. The number of carboxylic acid groups (broad SMARTS) is 1. The monoisotopic (exact) mass is 327 g/mol. The molecule has 0 amide bonds. The van der Waals surface area contributed by atoms with Crippen molar-refractivity contribution in [2.24, 2.45) is 5.92 Å². The van der Waals surface area contributed by atoms with Gasteiger partial charge in [0, 0.05) is 30.9 Å². The molecule has 0 aliphatic heterocycles. The van der Waals surface area contributed by atoms with E-state index in [9.17, 15) is 9.90 Å². The molecule has 2 atom stereocenters. The summed E-state index contributed by atoms with van der Waals surface area (Å²) in [5, 5.41) is 12.4. The number of nitrogens with one attached hydrogen (secondary N) is 1. The molecule has 0 aliphatic carbocycles. The number of rotatable bonds is 9. The molecule has 0 aliphatic rings. The smallest absolute Gasteiger partial charge is 0.320 e. The lowest BCUT2D eigenvalue weighted by Crippen LogP contribution is -2.41. The maximum atomic E-state index is 11.3. The molecule has 5 heteroatoms. The van der Waals surface area contributed by atoms with E-state index in [4.69, 9.17) is 0 Å². The summed E-state index contributed by atoms with van der Waals surface area (Å²) in [4.78, 5) is 20.1. The van der Waals surface area contributed by atoms with Crippen molar-refractivity contribution in [1.82, 2.24) is 15.3 Å². The molecule has 5 nitrogen and oxygen atoms in total. The van der Waals surface area contributed by atoms with Crippen LogP contribution in [0.2, 0.25) is 0 Å². The summed E-state index contributed by atoms with van der Waals surface area (Å²) >= 11 is 0. The molecule has 2 rings (SSSR count). The van der Waals surface area contributed by atoms with E-state index in [1.54, 1.807) is 12.4 Å². The van der Waals surface area contributed by atoms with E-state index < -0.39 is 12.0 Å². The zero-order valence-electron chi connectivity index (χ0n) is 14.3. The average molecular weight is 327 g/mol. The van der Waals surface area contributed by atoms with Crippen molar-refractivity contribution in [2.75, 3.05) is 0 Å². The number of hydrogen-bond donors (Lipinski definition) is 2. The Bertz CT molecular complexity index is 629. The van der Waals surface area contributed by atoms with Crippen LogP contribution in [-0.2, 0) is 24.2 Å². The fraction of sp³-hybridized carbons (Fsp3) is 0.421. The van der Waals surface area contributed by atoms with Crippen LogP contribution in [0.1, 0.15) is 37.2 Å². The van der Waals surface area contributed by atoms with Gasteiger partial charge < -0.3 is 5.11 Å². The molecule has 0 spiro atoms. The summed E-state index contributed by atoms with van der Waals surface area (Å²) in [7, 11) is 0. The molecule has 2 N–H and O–H groups in total. The number of aromatic nitrogens is 2. The summed E-state index contributed by atoms with van der Waals surface area (Å²) in [5.74, 6) is 0.0672. The molecule has 0 bridgehead atoms. The fourth-order valence-electron chi connectivity index (χ4n) is 2.50. The van der Waals surface area contributed by atoms with E-state index in [0.717, 1.165) is 30.7 Å². The van der Waals surface area contributed by atoms with E-state index >= 15 is 0 Å². The highest BCUT2D eigenvalue weighted by atomic mass is 16.4. The van der Waals surface area contributed by atoms with Crippen molar-refractivity contribution < 1.29 is 9.90 Å². The quantitative estimate of drug-likeness (QED) is 0.741. The van der Waals surface area contributed by atoms with E-state index in [1.807, 2.05) is 32.0 Å². The predicted molar refractivity (Wildman–Crippen MR) is 93.6 cm³/mol. The van der Waals surface area contributed by atoms with Crippen molar-refractivity contribution in [3.8, 4) is 0 Å². The van der Waals surface area contributed by atoms with Crippen molar-refractivity contribution in [3.63, 3.8) is 0 Å². The summed E-state index contributed by atoms with van der Waals surface area (Å²) in [6, 6.07) is 9.71. The van der Waals surface area contributed by atoms with Crippen molar-refractivity contribution >= 4 is 5.97 Å². The van der Waals surface area contributed by atoms with Gasteiger partial charge in [0.25, 0.3) is 0 Å². The number of carbonyl (C=O) groups is 1. The van der Waals surface area contributed by atoms with Gasteiger partial charge in [0.2, 0.25) is 0 Å². The molecular formula is C19H25N3O2. The molecule has 0 fully saturated rings. The number of carboxylic acids is 1. The molecule has 0 saturated heterocycles. The summed E-state index contributed by atoms with van der Waals surface area (Å²) < 4.78 is 0. The molecule has 1 aromatic carbocycles. The van der Waals surface area contributed by atoms with Gasteiger partial charge in [0.1, 0.15) is 11.9 Å². The Morgan fingerprint density at radius 3 is 2.38 bits per heavy atom. The molecule has 0 saturated carbocycles. The lowest BCUT2D eigenvalue weighted by Gasteiger charge is -2.20. The average Bonchev–Trinajstić information content (AvgIpc) is 2.61. The van der Waals surface area contributed by atoms with Crippen LogP contribution in [0.3, 0.4) is 0 Å². The lowest BCUT2D eigenvalue weighted by atomic mass is 9.99. The largest absolute Gasteiger partial charge is 0.480 e. The van der Waals surface area contributed by atoms with E-state index in [0.29, 0.717) is 6.54 Å². The number of aryl methyl sites for hydroxylation is 2. The van der Waals surface area contributed by atoms with E-state index in [1.165, 1.54) is 5.56 Å². The number of hydrogen-bond acceptors (Lipinski definition) is 4. The zero-order chi connectivity index (χ0) is 17.4. The Labute approximate surface area is 143 Å². The lowest BCUT2D eigenvalue weighted by molar-refractivity contribution is -0.140. The van der Waals surface area contributed by atoms with E-state index in [2.05, 4.69) is 27.4 Å². The molecule has 2 aromatic rings. The van der Waals surface area contributed by atoms with Gasteiger partial charge in [-0.15, -0.1) is 0 Å². The highest BCUT2D eigenvalue weighted by Gasteiger charge is 2.22. The molecule has 128 valence electrons. The zero-order valence-corrected chi connectivity index (χ0v) is 14.3. The fourth-order valence-corrected chi connectivity index (χ4v) is 2.50. The highest BCUT2D eigenvalue weighted by Crippen LogP contribution is 2.09. The molecule has 2 unspecified atom stereocenters. The topological polar surface area (TPSA) is 75.1 Å². The Kier molecular flexibility index (Phi) is 6.88. The van der Waals surface area contributed by atoms with Gasteiger partial charge in [-0.25, -0.2) is 9.97 Å². The van der Waals surface area contributed by atoms with Crippen molar-refractivity contribution in [3.05, 3.63) is 59.7 Å². The molecule has 24 heavy (non-hydrogen) atoms. The second kappa shape index (κ2) is 9.13. The first-order valence-corrected chi connectivity index (χ1v) is 8.40.